The van der Waals surface area contributed by atoms with Gasteiger partial charge in [0.25, 0.3) is 0 Å². The Morgan fingerprint density at radius 2 is 0.859 bits per heavy atom. The second kappa shape index (κ2) is 51.3. The van der Waals surface area contributed by atoms with Gasteiger partial charge in [0.05, 0.1) is 25.2 Å². The Morgan fingerprint density at radius 3 is 1.34 bits per heavy atom. The summed E-state index contributed by atoms with van der Waals surface area (Å²) >= 11 is 0. The number of nitrogens with one attached hydrogen (secondary N) is 1. The van der Waals surface area contributed by atoms with E-state index in [0.717, 1.165) is 83.5 Å². The van der Waals surface area contributed by atoms with Crippen molar-refractivity contribution in [1.29, 1.82) is 0 Å². The molecule has 370 valence electrons. The fourth-order valence-electron chi connectivity index (χ4n) is 8.03. The van der Waals surface area contributed by atoms with E-state index in [9.17, 15) is 19.8 Å². The molecule has 64 heavy (non-hydrogen) atoms. The van der Waals surface area contributed by atoms with Gasteiger partial charge in [-0.2, -0.15) is 0 Å². The molecular formula is C58H103NO5. The lowest BCUT2D eigenvalue weighted by Gasteiger charge is -2.24. The number of amides is 1. The first-order valence-corrected chi connectivity index (χ1v) is 27.2. The van der Waals surface area contributed by atoms with Crippen molar-refractivity contribution in [1.82, 2.24) is 5.32 Å². The molecule has 0 saturated carbocycles. The number of aliphatic hydroxyl groups excluding tert-OH is 2. The minimum Gasteiger partial charge on any atom is -0.462 e. The number of unbranched alkanes of at least 4 members (excludes halogenated alkanes) is 28. The number of rotatable bonds is 48. The third-order valence-corrected chi connectivity index (χ3v) is 12.1. The molecule has 0 aromatic rings. The van der Waals surface area contributed by atoms with Crippen molar-refractivity contribution in [3.8, 4) is 0 Å². The average molecular weight is 894 g/mol. The van der Waals surface area contributed by atoms with E-state index in [-0.39, 0.29) is 24.9 Å². The van der Waals surface area contributed by atoms with Crippen molar-refractivity contribution < 1.29 is 24.5 Å². The minimum absolute atomic E-state index is 0.0478. The van der Waals surface area contributed by atoms with Crippen LogP contribution in [0.4, 0.5) is 0 Å². The van der Waals surface area contributed by atoms with E-state index >= 15 is 0 Å². The van der Waals surface area contributed by atoms with Crippen LogP contribution in [0.5, 0.6) is 0 Å². The van der Waals surface area contributed by atoms with Gasteiger partial charge in [-0.1, -0.05) is 248 Å². The van der Waals surface area contributed by atoms with Crippen molar-refractivity contribution in [2.45, 2.75) is 277 Å². The number of allylic oxidation sites excluding steroid dienone is 12. The van der Waals surface area contributed by atoms with Gasteiger partial charge in [-0.05, 0) is 70.6 Å². The van der Waals surface area contributed by atoms with Gasteiger partial charge in [-0.25, -0.2) is 0 Å². The largest absolute Gasteiger partial charge is 0.462 e. The van der Waals surface area contributed by atoms with Crippen LogP contribution in [0.1, 0.15) is 258 Å². The van der Waals surface area contributed by atoms with Gasteiger partial charge in [0.2, 0.25) is 5.91 Å². The van der Waals surface area contributed by atoms with Crippen molar-refractivity contribution in [2.75, 3.05) is 6.61 Å². The van der Waals surface area contributed by atoms with Crippen molar-refractivity contribution in [2.24, 2.45) is 0 Å². The summed E-state index contributed by atoms with van der Waals surface area (Å²) in [4.78, 5) is 26.2. The minimum atomic E-state index is -0.802. The van der Waals surface area contributed by atoms with E-state index in [0.29, 0.717) is 19.3 Å². The maximum atomic E-state index is 13.2. The Balaban J connectivity index is 4.67. The third-order valence-electron chi connectivity index (χ3n) is 12.1. The summed E-state index contributed by atoms with van der Waals surface area (Å²) in [6, 6.07) is -0.718. The second-order valence-corrected chi connectivity index (χ2v) is 18.4. The number of ether oxygens (including phenoxy) is 1. The molecular weight excluding hydrogens is 791 g/mol. The van der Waals surface area contributed by atoms with E-state index in [1.165, 1.54) is 128 Å². The molecule has 0 aliphatic heterocycles. The molecule has 0 aromatic carbocycles. The van der Waals surface area contributed by atoms with E-state index < -0.39 is 18.2 Å². The molecule has 3 atom stereocenters. The topological polar surface area (TPSA) is 95.9 Å². The van der Waals surface area contributed by atoms with Gasteiger partial charge >= 0.3 is 5.97 Å². The molecule has 0 aromatic heterocycles. The summed E-state index contributed by atoms with van der Waals surface area (Å²) in [5, 5.41) is 23.8. The Labute approximate surface area is 396 Å². The first-order chi connectivity index (χ1) is 31.5. The van der Waals surface area contributed by atoms with Crippen LogP contribution in [0.25, 0.3) is 0 Å². The van der Waals surface area contributed by atoms with Gasteiger partial charge in [0, 0.05) is 6.42 Å². The molecule has 3 unspecified atom stereocenters. The predicted molar refractivity (Wildman–Crippen MR) is 278 cm³/mol. The lowest BCUT2D eigenvalue weighted by molar-refractivity contribution is -0.151. The third kappa shape index (κ3) is 45.9. The smallest absolute Gasteiger partial charge is 0.306 e. The molecule has 0 aliphatic carbocycles. The molecule has 0 radical (unpaired) electrons. The quantitative estimate of drug-likeness (QED) is 0.0245. The first kappa shape index (κ1) is 61.3. The average Bonchev–Trinajstić information content (AvgIpc) is 3.29. The maximum absolute atomic E-state index is 13.2. The Hall–Kier alpha value is -2.70. The molecule has 6 nitrogen and oxygen atoms in total. The van der Waals surface area contributed by atoms with Crippen LogP contribution in [0.3, 0.4) is 0 Å². The highest BCUT2D eigenvalue weighted by Gasteiger charge is 2.24. The second-order valence-electron chi connectivity index (χ2n) is 18.4. The zero-order valence-electron chi connectivity index (χ0n) is 42.1. The summed E-state index contributed by atoms with van der Waals surface area (Å²) in [5.41, 5.74) is 0. The Bertz CT molecular complexity index is 1190. The number of hydrogen-bond acceptors (Lipinski definition) is 5. The highest BCUT2D eigenvalue weighted by atomic mass is 16.5. The van der Waals surface area contributed by atoms with Crippen LogP contribution < -0.4 is 5.32 Å². The number of carbonyl (C=O) groups excluding carboxylic acids is 2. The summed E-state index contributed by atoms with van der Waals surface area (Å²) in [6.07, 6.45) is 65.3. The van der Waals surface area contributed by atoms with Gasteiger partial charge in [-0.3, -0.25) is 9.59 Å². The van der Waals surface area contributed by atoms with E-state index in [2.05, 4.69) is 62.5 Å². The highest BCUT2D eigenvalue weighted by molar-refractivity contribution is 5.77. The molecule has 0 heterocycles. The van der Waals surface area contributed by atoms with Gasteiger partial charge < -0.3 is 20.3 Å². The standard InChI is InChI=1S/C58H103NO5/c1-4-7-10-13-16-19-22-25-28-30-31-34-37-40-43-46-49-54(64-58(63)51-48-45-42-39-36-33-29-26-23-20-17-14-11-8-5-2)52-57(62)59-55(53-60)56(61)50-47-44-41-38-35-32-27-24-21-18-15-12-9-6-3/h8,11,14,17,20,23,26,29,31,33-34,36,54-56,60-61H,4-7,9-10,12-13,15-16,18-19,21-22,24-25,27-28,30,32,35,37-53H2,1-3H3,(H,59,62)/b11-8+,17-14+,23-20-,29-26-,34-31+,36-33+. The molecule has 3 N–H and O–H groups in total. The molecule has 0 fully saturated rings. The lowest BCUT2D eigenvalue weighted by Crippen LogP contribution is -2.46. The summed E-state index contributed by atoms with van der Waals surface area (Å²) < 4.78 is 5.92. The normalized spacial score (nSPS) is 13.8. The van der Waals surface area contributed by atoms with Crippen LogP contribution in [0.15, 0.2) is 72.9 Å². The number of hydrogen-bond donors (Lipinski definition) is 3. The molecule has 0 aliphatic rings. The molecule has 0 spiro atoms. The van der Waals surface area contributed by atoms with E-state index in [1.807, 2.05) is 36.5 Å². The van der Waals surface area contributed by atoms with Crippen LogP contribution in [-0.2, 0) is 14.3 Å². The highest BCUT2D eigenvalue weighted by Crippen LogP contribution is 2.18. The zero-order chi connectivity index (χ0) is 46.7. The van der Waals surface area contributed by atoms with Crippen LogP contribution in [0.2, 0.25) is 0 Å². The summed E-state index contributed by atoms with van der Waals surface area (Å²) in [6.45, 7) is 6.34. The number of carbonyl (C=O) groups is 2. The van der Waals surface area contributed by atoms with Crippen molar-refractivity contribution in [3.05, 3.63) is 72.9 Å². The zero-order valence-corrected chi connectivity index (χ0v) is 42.1. The monoisotopic (exact) mass is 894 g/mol. The molecule has 0 saturated heterocycles. The SMILES string of the molecule is CC/C=C/C=C/C=C\C=C/C=C/CCCCCC(=O)OC(CCCCC/C=C/CCCCCCCCCCC)CC(=O)NC(CO)C(O)CCCCCCCCCCCCCCCC. The summed E-state index contributed by atoms with van der Waals surface area (Å²) in [7, 11) is 0. The van der Waals surface area contributed by atoms with E-state index in [1.54, 1.807) is 0 Å². The van der Waals surface area contributed by atoms with Crippen LogP contribution in [0, 0.1) is 0 Å². The van der Waals surface area contributed by atoms with Gasteiger partial charge in [0.1, 0.15) is 6.10 Å². The van der Waals surface area contributed by atoms with Gasteiger partial charge in [-0.15, -0.1) is 0 Å². The molecule has 6 heteroatoms. The van der Waals surface area contributed by atoms with Gasteiger partial charge in [0.15, 0.2) is 0 Å². The first-order valence-electron chi connectivity index (χ1n) is 27.2. The Morgan fingerprint density at radius 1 is 0.469 bits per heavy atom. The maximum Gasteiger partial charge on any atom is 0.306 e. The fourth-order valence-corrected chi connectivity index (χ4v) is 8.03. The lowest BCUT2D eigenvalue weighted by atomic mass is 10.0. The number of esters is 1. The number of aliphatic hydroxyl groups is 2. The van der Waals surface area contributed by atoms with E-state index in [4.69, 9.17) is 4.74 Å². The van der Waals surface area contributed by atoms with Crippen molar-refractivity contribution in [3.63, 3.8) is 0 Å². The molecule has 1 amide bonds. The van der Waals surface area contributed by atoms with Crippen molar-refractivity contribution >= 4 is 11.9 Å². The van der Waals surface area contributed by atoms with Crippen LogP contribution >= 0.6 is 0 Å². The Kier molecular flexibility index (Phi) is 49.1. The molecule has 0 rings (SSSR count). The predicted octanol–water partition coefficient (Wildman–Crippen LogP) is 16.6. The summed E-state index contributed by atoms with van der Waals surface area (Å²) in [5.74, 6) is -0.536. The van der Waals surface area contributed by atoms with Crippen LogP contribution in [-0.4, -0.2) is 46.9 Å². The fraction of sp³-hybridized carbons (Fsp3) is 0.759. The molecule has 0 bridgehead atoms.